The Bertz CT molecular complexity index is 1320. The lowest BCUT2D eigenvalue weighted by atomic mass is 10.1. The van der Waals surface area contributed by atoms with Crippen LogP contribution in [0.2, 0.25) is 0 Å². The fraction of sp³-hybridized carbons (Fsp3) is 0.452. The highest BCUT2D eigenvalue weighted by Crippen LogP contribution is 2.34. The van der Waals surface area contributed by atoms with Crippen molar-refractivity contribution in [2.75, 3.05) is 30.3 Å². The minimum absolute atomic E-state index is 0.176. The molecule has 0 radical (unpaired) electrons. The van der Waals surface area contributed by atoms with Gasteiger partial charge in [-0.15, -0.1) is 11.8 Å². The third-order valence-corrected chi connectivity index (χ3v) is 7.97. The molecule has 2 aromatic carbocycles. The second kappa shape index (κ2) is 13.5. The van der Waals surface area contributed by atoms with Crippen LogP contribution in [0.25, 0.3) is 0 Å². The largest absolute Gasteiger partial charge is 0.465 e. The maximum atomic E-state index is 13.8. The second-order valence-corrected chi connectivity index (χ2v) is 12.2. The fourth-order valence-electron chi connectivity index (χ4n) is 4.95. The van der Waals surface area contributed by atoms with Gasteiger partial charge in [0.05, 0.1) is 29.5 Å². The molecule has 11 heteroatoms. The van der Waals surface area contributed by atoms with Gasteiger partial charge < -0.3 is 9.47 Å². The zero-order valence-electron chi connectivity index (χ0n) is 24.4. The van der Waals surface area contributed by atoms with Crippen molar-refractivity contribution in [3.8, 4) is 0 Å². The topological polar surface area (TPSA) is 122 Å². The molecule has 0 spiro atoms. The summed E-state index contributed by atoms with van der Waals surface area (Å²) in [7, 11) is 0. The van der Waals surface area contributed by atoms with E-state index in [-0.39, 0.29) is 37.4 Å². The maximum absolute atomic E-state index is 13.8. The summed E-state index contributed by atoms with van der Waals surface area (Å²) in [5.41, 5.74) is 0.695. The molecule has 2 atom stereocenters. The number of unbranched alkanes of at least 4 members (excludes halogenated alkanes) is 1. The molecule has 0 aromatic heterocycles. The zero-order chi connectivity index (χ0) is 30.4. The summed E-state index contributed by atoms with van der Waals surface area (Å²) in [6.07, 6.45) is 1.31. The number of thioether (sulfide) groups is 1. The molecular formula is C31H37N3O7S. The molecule has 2 aromatic rings. The van der Waals surface area contributed by atoms with E-state index in [1.807, 2.05) is 12.1 Å². The van der Waals surface area contributed by atoms with Crippen molar-refractivity contribution in [3.05, 3.63) is 59.7 Å². The van der Waals surface area contributed by atoms with Gasteiger partial charge in [0.15, 0.2) is 0 Å². The summed E-state index contributed by atoms with van der Waals surface area (Å²) in [4.78, 5) is 68.3. The number of esters is 2. The number of nitrogens with one attached hydrogen (secondary N) is 1. The van der Waals surface area contributed by atoms with Crippen LogP contribution in [0.1, 0.15) is 67.7 Å². The van der Waals surface area contributed by atoms with Crippen molar-refractivity contribution in [2.45, 2.75) is 69.5 Å². The lowest BCUT2D eigenvalue weighted by molar-refractivity contribution is -0.154. The molecule has 2 heterocycles. The molecule has 2 aliphatic rings. The number of anilines is 1. The molecule has 3 amide bonds. The molecule has 0 aliphatic carbocycles. The molecule has 4 rings (SSSR count). The number of hydrogen-bond acceptors (Lipinski definition) is 9. The van der Waals surface area contributed by atoms with E-state index in [2.05, 4.69) is 5.32 Å². The van der Waals surface area contributed by atoms with Crippen LogP contribution in [0, 0.1) is 0 Å². The molecule has 0 saturated carbocycles. The number of nitrogens with zero attached hydrogens (tertiary/aromatic N) is 2. The third kappa shape index (κ3) is 7.38. The van der Waals surface area contributed by atoms with Gasteiger partial charge in [-0.1, -0.05) is 24.3 Å². The Morgan fingerprint density at radius 1 is 0.976 bits per heavy atom. The summed E-state index contributed by atoms with van der Waals surface area (Å²) >= 11 is 1.46. The van der Waals surface area contributed by atoms with Gasteiger partial charge in [-0.25, -0.2) is 0 Å². The summed E-state index contributed by atoms with van der Waals surface area (Å²) in [6, 6.07) is 12.5. The number of imide groups is 1. The lowest BCUT2D eigenvalue weighted by Crippen LogP contribution is -2.54. The Balaban J connectivity index is 1.43. The Labute approximate surface area is 250 Å². The van der Waals surface area contributed by atoms with Gasteiger partial charge in [-0.3, -0.25) is 39.1 Å². The van der Waals surface area contributed by atoms with Crippen molar-refractivity contribution < 1.29 is 33.4 Å². The van der Waals surface area contributed by atoms with E-state index in [1.165, 1.54) is 21.6 Å². The number of carbonyl (C=O) groups is 5. The number of amides is 3. The average Bonchev–Trinajstić information content (AvgIpc) is 3.10. The quantitative estimate of drug-likeness (QED) is 0.235. The molecular weight excluding hydrogens is 558 g/mol. The second-order valence-electron chi connectivity index (χ2n) is 11.1. The average molecular weight is 596 g/mol. The third-order valence-electron chi connectivity index (χ3n) is 6.81. The zero-order valence-corrected chi connectivity index (χ0v) is 25.2. The maximum Gasteiger partial charge on any atom is 0.326 e. The first kappa shape index (κ1) is 31.2. The Morgan fingerprint density at radius 2 is 1.62 bits per heavy atom. The first-order chi connectivity index (χ1) is 20.0. The molecule has 42 heavy (non-hydrogen) atoms. The van der Waals surface area contributed by atoms with Crippen LogP contribution in [0.15, 0.2) is 53.4 Å². The van der Waals surface area contributed by atoms with E-state index >= 15 is 0 Å². The van der Waals surface area contributed by atoms with Crippen LogP contribution < -0.4 is 10.2 Å². The minimum Gasteiger partial charge on any atom is -0.465 e. The fourth-order valence-corrected chi connectivity index (χ4v) is 6.04. The van der Waals surface area contributed by atoms with Gasteiger partial charge >= 0.3 is 11.9 Å². The molecule has 224 valence electrons. The summed E-state index contributed by atoms with van der Waals surface area (Å²) in [5, 5.41) is 3.19. The van der Waals surface area contributed by atoms with Crippen molar-refractivity contribution in [1.82, 2.24) is 10.2 Å². The smallest absolute Gasteiger partial charge is 0.326 e. The van der Waals surface area contributed by atoms with Gasteiger partial charge in [-0.2, -0.15) is 0 Å². The predicted molar refractivity (Wildman–Crippen MR) is 158 cm³/mol. The highest BCUT2D eigenvalue weighted by molar-refractivity contribution is 7.99. The number of carbonyl (C=O) groups excluding carboxylic acids is 5. The standard InChI is InChI=1S/C31H37N3O7S/c1-5-40-30(39)22(14-10-11-17-33-27(36)20-12-6-7-13-21(20)28(33)37)32-23-19-42-25-16-9-8-15-24(25)34(29(23)38)18-26(35)41-31(2,3)4/h6-9,12-13,15-16,22-23,32H,5,10-11,14,17-19H2,1-4H3/t22-,23?/m1/s1. The normalized spacial score (nSPS) is 17.4. The van der Waals surface area contributed by atoms with E-state index in [0.717, 1.165) is 4.90 Å². The summed E-state index contributed by atoms with van der Waals surface area (Å²) < 4.78 is 10.8. The first-order valence-corrected chi connectivity index (χ1v) is 15.1. The summed E-state index contributed by atoms with van der Waals surface area (Å²) in [6.45, 7) is 7.14. The molecule has 10 nitrogen and oxygen atoms in total. The Kier molecular flexibility index (Phi) is 10.1. The van der Waals surface area contributed by atoms with E-state index in [1.54, 1.807) is 64.1 Å². The lowest BCUT2D eigenvalue weighted by Gasteiger charge is -2.28. The van der Waals surface area contributed by atoms with Gasteiger partial charge in [0.25, 0.3) is 11.8 Å². The van der Waals surface area contributed by atoms with Crippen molar-refractivity contribution in [2.24, 2.45) is 0 Å². The molecule has 0 saturated heterocycles. The molecule has 0 bridgehead atoms. The number of hydrogen-bond donors (Lipinski definition) is 1. The van der Waals surface area contributed by atoms with E-state index in [4.69, 9.17) is 9.47 Å². The van der Waals surface area contributed by atoms with Crippen molar-refractivity contribution in [3.63, 3.8) is 0 Å². The molecule has 2 aliphatic heterocycles. The molecule has 0 fully saturated rings. The highest BCUT2D eigenvalue weighted by atomic mass is 32.2. The first-order valence-electron chi connectivity index (χ1n) is 14.1. The van der Waals surface area contributed by atoms with Crippen LogP contribution in [-0.4, -0.2) is 77.7 Å². The summed E-state index contributed by atoms with van der Waals surface area (Å²) in [5.74, 6) is -1.67. The van der Waals surface area contributed by atoms with Crippen LogP contribution in [0.5, 0.6) is 0 Å². The van der Waals surface area contributed by atoms with Crippen LogP contribution in [0.4, 0.5) is 5.69 Å². The van der Waals surface area contributed by atoms with Crippen molar-refractivity contribution in [1.29, 1.82) is 0 Å². The number of rotatable bonds is 11. The van der Waals surface area contributed by atoms with E-state index in [0.29, 0.717) is 41.8 Å². The number of ether oxygens (including phenoxy) is 2. The van der Waals surface area contributed by atoms with Crippen LogP contribution in [0.3, 0.4) is 0 Å². The highest BCUT2D eigenvalue weighted by Gasteiger charge is 2.37. The van der Waals surface area contributed by atoms with Gasteiger partial charge in [0, 0.05) is 17.2 Å². The van der Waals surface area contributed by atoms with Gasteiger partial charge in [-0.05, 0) is 71.2 Å². The minimum atomic E-state index is -0.800. The van der Waals surface area contributed by atoms with E-state index in [9.17, 15) is 24.0 Å². The number of benzene rings is 2. The van der Waals surface area contributed by atoms with Crippen LogP contribution in [-0.2, 0) is 23.9 Å². The predicted octanol–water partition coefficient (Wildman–Crippen LogP) is 3.82. The Hall–Kier alpha value is -3.70. The van der Waals surface area contributed by atoms with Crippen molar-refractivity contribution >= 4 is 47.1 Å². The van der Waals surface area contributed by atoms with E-state index < -0.39 is 29.6 Å². The molecule has 1 unspecified atom stereocenters. The van der Waals surface area contributed by atoms with Gasteiger partial charge in [0.1, 0.15) is 18.2 Å². The monoisotopic (exact) mass is 595 g/mol. The number of para-hydroxylation sites is 1. The number of fused-ring (bicyclic) bond motifs is 2. The SMILES string of the molecule is CCOC(=O)[C@@H](CCCCN1C(=O)c2ccccc2C1=O)NC1CSc2ccccc2N(CC(=O)OC(C)(C)C)C1=O. The Morgan fingerprint density at radius 3 is 2.26 bits per heavy atom. The van der Waals surface area contributed by atoms with Gasteiger partial charge in [0.2, 0.25) is 5.91 Å². The van der Waals surface area contributed by atoms with Crippen LogP contribution >= 0.6 is 11.8 Å². The molecule has 1 N–H and O–H groups in total.